The van der Waals surface area contributed by atoms with Crippen LogP contribution in [0.1, 0.15) is 5.56 Å². The van der Waals surface area contributed by atoms with Crippen molar-refractivity contribution in [3.05, 3.63) is 66.2 Å². The van der Waals surface area contributed by atoms with Crippen LogP contribution in [0.2, 0.25) is 0 Å². The quantitative estimate of drug-likeness (QED) is 0.667. The van der Waals surface area contributed by atoms with E-state index in [2.05, 4.69) is 20.8 Å². The number of para-hydroxylation sites is 3. The number of anilines is 3. The minimum Gasteiger partial charge on any atom is -0.493 e. The smallest absolute Gasteiger partial charge is 0.263 e. The van der Waals surface area contributed by atoms with Crippen LogP contribution in [0.5, 0.6) is 11.5 Å². The summed E-state index contributed by atoms with van der Waals surface area (Å²) < 4.78 is 10.7. The third kappa shape index (κ3) is 4.94. The highest BCUT2D eigenvalue weighted by atomic mass is 16.5. The summed E-state index contributed by atoms with van der Waals surface area (Å²) in [4.78, 5) is 12.0. The van der Waals surface area contributed by atoms with Crippen molar-refractivity contribution in [3.8, 4) is 11.5 Å². The first-order valence-corrected chi connectivity index (χ1v) is 8.38. The average molecular weight is 364 g/mol. The SMILES string of the molecule is COc1ccccc1OCC(=O)Nc1ccc(Nc2ccccc2C)nn1. The highest BCUT2D eigenvalue weighted by Gasteiger charge is 2.08. The van der Waals surface area contributed by atoms with Crippen molar-refractivity contribution in [2.45, 2.75) is 6.92 Å². The third-order valence-corrected chi connectivity index (χ3v) is 3.77. The summed E-state index contributed by atoms with van der Waals surface area (Å²) in [5.41, 5.74) is 2.05. The molecule has 0 aliphatic heterocycles. The van der Waals surface area contributed by atoms with Gasteiger partial charge in [0, 0.05) is 5.69 Å². The number of nitrogens with zero attached hydrogens (tertiary/aromatic N) is 2. The van der Waals surface area contributed by atoms with Crippen molar-refractivity contribution in [2.24, 2.45) is 0 Å². The van der Waals surface area contributed by atoms with Gasteiger partial charge in [-0.25, -0.2) is 0 Å². The zero-order valence-corrected chi connectivity index (χ0v) is 15.1. The van der Waals surface area contributed by atoms with Gasteiger partial charge in [-0.15, -0.1) is 10.2 Å². The lowest BCUT2D eigenvalue weighted by Gasteiger charge is -2.10. The first-order chi connectivity index (χ1) is 13.2. The van der Waals surface area contributed by atoms with Crippen LogP contribution >= 0.6 is 0 Å². The summed E-state index contributed by atoms with van der Waals surface area (Å²) >= 11 is 0. The van der Waals surface area contributed by atoms with E-state index in [1.54, 1.807) is 37.4 Å². The van der Waals surface area contributed by atoms with Gasteiger partial charge in [0.25, 0.3) is 5.91 Å². The molecule has 1 heterocycles. The predicted molar refractivity (Wildman–Crippen MR) is 104 cm³/mol. The highest BCUT2D eigenvalue weighted by Crippen LogP contribution is 2.25. The molecule has 27 heavy (non-hydrogen) atoms. The number of hydrogen-bond donors (Lipinski definition) is 2. The summed E-state index contributed by atoms with van der Waals surface area (Å²) in [7, 11) is 1.55. The van der Waals surface area contributed by atoms with E-state index in [0.29, 0.717) is 23.1 Å². The maximum atomic E-state index is 12.0. The van der Waals surface area contributed by atoms with Crippen molar-refractivity contribution < 1.29 is 14.3 Å². The Morgan fingerprint density at radius 3 is 2.30 bits per heavy atom. The van der Waals surface area contributed by atoms with Crippen molar-refractivity contribution >= 4 is 23.2 Å². The van der Waals surface area contributed by atoms with Gasteiger partial charge in [0.05, 0.1) is 7.11 Å². The van der Waals surface area contributed by atoms with E-state index < -0.39 is 0 Å². The molecule has 0 fully saturated rings. The fourth-order valence-corrected chi connectivity index (χ4v) is 2.38. The number of amides is 1. The number of rotatable bonds is 7. The van der Waals surface area contributed by atoms with Gasteiger partial charge in [0.15, 0.2) is 29.7 Å². The Morgan fingerprint density at radius 1 is 0.926 bits per heavy atom. The van der Waals surface area contributed by atoms with Gasteiger partial charge in [-0.1, -0.05) is 30.3 Å². The molecule has 1 aromatic heterocycles. The number of carbonyl (C=O) groups is 1. The number of aryl methyl sites for hydroxylation is 1. The molecule has 0 saturated heterocycles. The van der Waals surface area contributed by atoms with Gasteiger partial charge in [0.1, 0.15) is 0 Å². The highest BCUT2D eigenvalue weighted by molar-refractivity contribution is 5.91. The van der Waals surface area contributed by atoms with Crippen molar-refractivity contribution in [3.63, 3.8) is 0 Å². The fourth-order valence-electron chi connectivity index (χ4n) is 2.38. The van der Waals surface area contributed by atoms with Crippen LogP contribution in [0.4, 0.5) is 17.3 Å². The lowest BCUT2D eigenvalue weighted by atomic mass is 10.2. The molecule has 2 aromatic carbocycles. The second-order valence-electron chi connectivity index (χ2n) is 5.73. The zero-order valence-electron chi connectivity index (χ0n) is 15.1. The van der Waals surface area contributed by atoms with Gasteiger partial charge in [-0.05, 0) is 42.8 Å². The number of ether oxygens (including phenoxy) is 2. The van der Waals surface area contributed by atoms with Gasteiger partial charge in [-0.2, -0.15) is 0 Å². The minimum atomic E-state index is -0.338. The molecule has 0 saturated carbocycles. The lowest BCUT2D eigenvalue weighted by molar-refractivity contribution is -0.118. The van der Waals surface area contributed by atoms with Crippen LogP contribution < -0.4 is 20.1 Å². The van der Waals surface area contributed by atoms with E-state index in [1.807, 2.05) is 37.3 Å². The monoisotopic (exact) mass is 364 g/mol. The summed E-state index contributed by atoms with van der Waals surface area (Å²) in [6.07, 6.45) is 0. The van der Waals surface area contributed by atoms with Crippen LogP contribution in [0.15, 0.2) is 60.7 Å². The minimum absolute atomic E-state index is 0.161. The van der Waals surface area contributed by atoms with Crippen LogP contribution in [-0.2, 0) is 4.79 Å². The maximum Gasteiger partial charge on any atom is 0.263 e. The molecule has 1 amide bonds. The summed E-state index contributed by atoms with van der Waals surface area (Å²) in [6, 6.07) is 18.4. The van der Waals surface area contributed by atoms with Gasteiger partial charge in [0.2, 0.25) is 0 Å². The second kappa shape index (κ2) is 8.66. The molecular formula is C20H20N4O3. The van der Waals surface area contributed by atoms with Crippen LogP contribution in [0.25, 0.3) is 0 Å². The Hall–Kier alpha value is -3.61. The second-order valence-corrected chi connectivity index (χ2v) is 5.73. The third-order valence-electron chi connectivity index (χ3n) is 3.77. The Kier molecular flexibility index (Phi) is 5.84. The van der Waals surface area contributed by atoms with Gasteiger partial charge < -0.3 is 20.1 Å². The van der Waals surface area contributed by atoms with Crippen molar-refractivity contribution in [1.82, 2.24) is 10.2 Å². The van der Waals surface area contributed by atoms with E-state index in [0.717, 1.165) is 11.3 Å². The van der Waals surface area contributed by atoms with E-state index >= 15 is 0 Å². The molecule has 7 heteroatoms. The van der Waals surface area contributed by atoms with Crippen LogP contribution in [0.3, 0.4) is 0 Å². The number of benzene rings is 2. The normalized spacial score (nSPS) is 10.1. The molecule has 0 aliphatic carbocycles. The lowest BCUT2D eigenvalue weighted by Crippen LogP contribution is -2.21. The number of hydrogen-bond acceptors (Lipinski definition) is 6. The standard InChI is InChI=1S/C20H20N4O3/c1-14-7-3-4-8-15(14)21-18-11-12-19(24-23-18)22-20(25)13-27-17-10-6-5-9-16(17)26-2/h3-12H,13H2,1-2H3,(H,21,23)(H,22,24,25). The van der Waals surface area contributed by atoms with Crippen molar-refractivity contribution in [2.75, 3.05) is 24.4 Å². The molecule has 0 radical (unpaired) electrons. The van der Waals surface area contributed by atoms with Gasteiger partial charge >= 0.3 is 0 Å². The summed E-state index contributed by atoms with van der Waals surface area (Å²) in [6.45, 7) is 1.84. The van der Waals surface area contributed by atoms with Crippen molar-refractivity contribution in [1.29, 1.82) is 0 Å². The Balaban J connectivity index is 1.55. The Bertz CT molecular complexity index is 913. The van der Waals surface area contributed by atoms with Gasteiger partial charge in [-0.3, -0.25) is 4.79 Å². The van der Waals surface area contributed by atoms with E-state index in [9.17, 15) is 4.79 Å². The topological polar surface area (TPSA) is 85.4 Å². The zero-order chi connectivity index (χ0) is 19.1. The predicted octanol–water partition coefficient (Wildman–Crippen LogP) is 3.55. The largest absolute Gasteiger partial charge is 0.493 e. The maximum absolute atomic E-state index is 12.0. The first-order valence-electron chi connectivity index (χ1n) is 8.38. The first kappa shape index (κ1) is 18.2. The number of methoxy groups -OCH3 is 1. The molecule has 3 aromatic rings. The molecule has 0 atom stereocenters. The summed E-state index contributed by atoms with van der Waals surface area (Å²) in [5.74, 6) is 1.66. The average Bonchev–Trinajstić information content (AvgIpc) is 2.70. The fraction of sp³-hybridized carbons (Fsp3) is 0.150. The number of nitrogens with one attached hydrogen (secondary N) is 2. The molecular weight excluding hydrogens is 344 g/mol. The number of aromatic nitrogens is 2. The van der Waals surface area contributed by atoms with E-state index in [1.165, 1.54) is 0 Å². The van der Waals surface area contributed by atoms with Crippen LogP contribution in [0, 0.1) is 6.92 Å². The Morgan fingerprint density at radius 2 is 1.59 bits per heavy atom. The molecule has 3 rings (SSSR count). The molecule has 138 valence electrons. The molecule has 0 bridgehead atoms. The van der Waals surface area contributed by atoms with E-state index in [4.69, 9.17) is 9.47 Å². The summed E-state index contributed by atoms with van der Waals surface area (Å²) in [5, 5.41) is 13.9. The number of carbonyl (C=O) groups excluding carboxylic acids is 1. The molecule has 2 N–H and O–H groups in total. The molecule has 0 unspecified atom stereocenters. The molecule has 0 spiro atoms. The molecule has 0 aliphatic rings. The van der Waals surface area contributed by atoms with E-state index in [-0.39, 0.29) is 12.5 Å². The van der Waals surface area contributed by atoms with Crippen LogP contribution in [-0.4, -0.2) is 29.8 Å². The molecule has 7 nitrogen and oxygen atoms in total. The Labute approximate surface area is 157 Å².